The van der Waals surface area contributed by atoms with E-state index in [4.69, 9.17) is 4.74 Å². The summed E-state index contributed by atoms with van der Waals surface area (Å²) >= 11 is 0. The summed E-state index contributed by atoms with van der Waals surface area (Å²) in [5.41, 5.74) is -0.418. The minimum absolute atomic E-state index is 0.122. The van der Waals surface area contributed by atoms with Gasteiger partial charge in [-0.15, -0.1) is 0 Å². The monoisotopic (exact) mass is 337 g/mol. The van der Waals surface area contributed by atoms with Crippen molar-refractivity contribution in [1.29, 1.82) is 0 Å². The number of carbonyl (C=O) groups is 3. The molecule has 1 aliphatic heterocycles. The van der Waals surface area contributed by atoms with Crippen LogP contribution in [0, 0.1) is 11.3 Å². The van der Waals surface area contributed by atoms with E-state index < -0.39 is 5.41 Å². The minimum Gasteiger partial charge on any atom is -0.449 e. The van der Waals surface area contributed by atoms with Crippen LogP contribution >= 0.6 is 0 Å². The standard InChI is InChI=1S/C19H31NO4/c1-15(16(2)21)10-8-6-5-7-9-13-24-18(23)20-12-11-19(4,14-20)17(3)22/h5-6,15H,7-14H2,1-4H3/b6-5+/t15?,19-/m1/s1. The van der Waals surface area contributed by atoms with Crippen LogP contribution < -0.4 is 0 Å². The summed E-state index contributed by atoms with van der Waals surface area (Å²) < 4.78 is 5.27. The van der Waals surface area contributed by atoms with Crippen LogP contribution in [0.25, 0.3) is 0 Å². The van der Waals surface area contributed by atoms with Gasteiger partial charge in [0.2, 0.25) is 0 Å². The second-order valence-electron chi connectivity index (χ2n) is 7.11. The van der Waals surface area contributed by atoms with Gasteiger partial charge in [-0.05, 0) is 46.0 Å². The fourth-order valence-corrected chi connectivity index (χ4v) is 2.64. The lowest BCUT2D eigenvalue weighted by Gasteiger charge is -2.21. The van der Waals surface area contributed by atoms with Crippen LogP contribution in [0.15, 0.2) is 12.2 Å². The number of ether oxygens (including phenoxy) is 1. The van der Waals surface area contributed by atoms with E-state index in [1.807, 2.05) is 13.8 Å². The van der Waals surface area contributed by atoms with Crippen molar-refractivity contribution < 1.29 is 19.1 Å². The molecule has 1 saturated heterocycles. The van der Waals surface area contributed by atoms with E-state index in [0.717, 1.165) is 25.7 Å². The SMILES string of the molecule is CC(=O)C(C)CC/C=C/CCCOC(=O)N1CC[C@@](C)(C(C)=O)C1. The molecule has 2 atom stereocenters. The van der Waals surface area contributed by atoms with E-state index in [1.165, 1.54) is 0 Å². The summed E-state index contributed by atoms with van der Waals surface area (Å²) in [6.45, 7) is 8.49. The smallest absolute Gasteiger partial charge is 0.409 e. The number of nitrogens with zero attached hydrogens (tertiary/aromatic N) is 1. The third kappa shape index (κ3) is 6.46. The summed E-state index contributed by atoms with van der Waals surface area (Å²) in [5.74, 6) is 0.483. The molecule has 136 valence electrons. The number of ketones is 2. The van der Waals surface area contributed by atoms with E-state index in [9.17, 15) is 14.4 Å². The van der Waals surface area contributed by atoms with Crippen molar-refractivity contribution in [3.63, 3.8) is 0 Å². The lowest BCUT2D eigenvalue weighted by atomic mass is 9.86. The summed E-state index contributed by atoms with van der Waals surface area (Å²) in [5, 5.41) is 0. The Labute approximate surface area is 145 Å². The van der Waals surface area contributed by atoms with Crippen molar-refractivity contribution in [3.05, 3.63) is 12.2 Å². The first-order valence-corrected chi connectivity index (χ1v) is 8.84. The van der Waals surface area contributed by atoms with E-state index in [2.05, 4.69) is 12.2 Å². The Kier molecular flexibility index (Phi) is 8.16. The van der Waals surface area contributed by atoms with Gasteiger partial charge in [-0.1, -0.05) is 26.0 Å². The number of hydrogen-bond donors (Lipinski definition) is 0. The average Bonchev–Trinajstić information content (AvgIpc) is 2.93. The van der Waals surface area contributed by atoms with Crippen molar-refractivity contribution in [3.8, 4) is 0 Å². The molecule has 1 fully saturated rings. The molecule has 0 spiro atoms. The van der Waals surface area contributed by atoms with Crippen LogP contribution in [-0.2, 0) is 14.3 Å². The molecule has 0 aromatic heterocycles. The number of likely N-dealkylation sites (tertiary alicyclic amines) is 1. The second-order valence-corrected chi connectivity index (χ2v) is 7.11. The summed E-state index contributed by atoms with van der Waals surface area (Å²) in [6, 6.07) is 0. The van der Waals surface area contributed by atoms with E-state index in [1.54, 1.807) is 18.7 Å². The predicted molar refractivity (Wildman–Crippen MR) is 93.8 cm³/mol. The summed E-state index contributed by atoms with van der Waals surface area (Å²) in [7, 11) is 0. The van der Waals surface area contributed by atoms with E-state index >= 15 is 0 Å². The average molecular weight is 337 g/mol. The number of Topliss-reactive ketones (excluding diaryl/α,β-unsaturated/α-hetero) is 2. The van der Waals surface area contributed by atoms with Crippen molar-refractivity contribution in [1.82, 2.24) is 4.90 Å². The Balaban J connectivity index is 2.12. The molecule has 5 heteroatoms. The van der Waals surface area contributed by atoms with Gasteiger partial charge in [0.05, 0.1) is 6.61 Å². The first-order valence-electron chi connectivity index (χ1n) is 8.84. The maximum atomic E-state index is 12.0. The molecule has 1 amide bonds. The molecule has 1 unspecified atom stereocenters. The maximum Gasteiger partial charge on any atom is 0.409 e. The Morgan fingerprint density at radius 1 is 1.21 bits per heavy atom. The molecule has 0 radical (unpaired) electrons. The highest BCUT2D eigenvalue weighted by atomic mass is 16.6. The molecule has 0 N–H and O–H groups in total. The third-order valence-electron chi connectivity index (χ3n) is 4.95. The zero-order valence-corrected chi connectivity index (χ0v) is 15.5. The van der Waals surface area contributed by atoms with Gasteiger partial charge in [-0.3, -0.25) is 9.59 Å². The molecule has 1 aliphatic rings. The van der Waals surface area contributed by atoms with Crippen LogP contribution in [0.3, 0.4) is 0 Å². The molecule has 1 rings (SSSR count). The zero-order chi connectivity index (χ0) is 18.2. The van der Waals surface area contributed by atoms with Gasteiger partial charge >= 0.3 is 6.09 Å². The molecule has 24 heavy (non-hydrogen) atoms. The Morgan fingerprint density at radius 2 is 1.88 bits per heavy atom. The van der Waals surface area contributed by atoms with Gasteiger partial charge in [0, 0.05) is 24.4 Å². The van der Waals surface area contributed by atoms with Gasteiger partial charge in [0.25, 0.3) is 0 Å². The van der Waals surface area contributed by atoms with E-state index in [0.29, 0.717) is 26.1 Å². The number of amides is 1. The zero-order valence-electron chi connectivity index (χ0n) is 15.5. The van der Waals surface area contributed by atoms with Crippen molar-refractivity contribution in [2.24, 2.45) is 11.3 Å². The van der Waals surface area contributed by atoms with E-state index in [-0.39, 0.29) is 23.6 Å². The number of rotatable bonds is 9. The van der Waals surface area contributed by atoms with Crippen molar-refractivity contribution in [2.75, 3.05) is 19.7 Å². The van der Waals surface area contributed by atoms with Crippen LogP contribution in [0.4, 0.5) is 4.79 Å². The van der Waals surface area contributed by atoms with Crippen molar-refractivity contribution >= 4 is 17.7 Å². The molecule has 0 aromatic carbocycles. The molecular weight excluding hydrogens is 306 g/mol. The highest BCUT2D eigenvalue weighted by Gasteiger charge is 2.40. The third-order valence-corrected chi connectivity index (χ3v) is 4.95. The van der Waals surface area contributed by atoms with Gasteiger partial charge in [-0.25, -0.2) is 4.79 Å². The second kappa shape index (κ2) is 9.60. The minimum atomic E-state index is -0.418. The molecule has 1 heterocycles. The fraction of sp³-hybridized carbons (Fsp3) is 0.737. The van der Waals surface area contributed by atoms with Gasteiger partial charge < -0.3 is 9.64 Å². The van der Waals surface area contributed by atoms with Gasteiger partial charge in [0.1, 0.15) is 11.6 Å². The van der Waals surface area contributed by atoms with Crippen LogP contribution in [0.1, 0.15) is 59.8 Å². The Morgan fingerprint density at radius 3 is 2.46 bits per heavy atom. The lowest BCUT2D eigenvalue weighted by molar-refractivity contribution is -0.125. The molecular formula is C19H31NO4. The van der Waals surface area contributed by atoms with Crippen LogP contribution in [-0.4, -0.2) is 42.3 Å². The molecule has 0 saturated carbocycles. The van der Waals surface area contributed by atoms with Crippen molar-refractivity contribution in [2.45, 2.75) is 59.8 Å². The highest BCUT2D eigenvalue weighted by molar-refractivity contribution is 5.83. The predicted octanol–water partition coefficient (Wildman–Crippen LogP) is 3.77. The van der Waals surface area contributed by atoms with Crippen LogP contribution in [0.2, 0.25) is 0 Å². The van der Waals surface area contributed by atoms with Gasteiger partial charge in [-0.2, -0.15) is 0 Å². The van der Waals surface area contributed by atoms with Gasteiger partial charge in [0.15, 0.2) is 0 Å². The first-order chi connectivity index (χ1) is 11.3. The normalized spacial score (nSPS) is 21.9. The molecule has 0 aromatic rings. The number of carbonyl (C=O) groups excluding carboxylic acids is 3. The largest absolute Gasteiger partial charge is 0.449 e. The lowest BCUT2D eigenvalue weighted by Crippen LogP contribution is -2.34. The summed E-state index contributed by atoms with van der Waals surface area (Å²) in [6.07, 6.45) is 7.96. The Hall–Kier alpha value is -1.65. The molecule has 5 nitrogen and oxygen atoms in total. The first kappa shape index (κ1) is 20.4. The molecule has 0 aliphatic carbocycles. The number of allylic oxidation sites excluding steroid dienone is 2. The Bertz CT molecular complexity index is 486. The van der Waals surface area contributed by atoms with Crippen LogP contribution in [0.5, 0.6) is 0 Å². The number of hydrogen-bond acceptors (Lipinski definition) is 4. The fourth-order valence-electron chi connectivity index (χ4n) is 2.64. The molecule has 0 bridgehead atoms. The topological polar surface area (TPSA) is 63.7 Å². The quantitative estimate of drug-likeness (QED) is 0.474. The summed E-state index contributed by atoms with van der Waals surface area (Å²) in [4.78, 5) is 36.3. The highest BCUT2D eigenvalue weighted by Crippen LogP contribution is 2.31. The number of unbranched alkanes of at least 4 members (excludes halogenated alkanes) is 1. The maximum absolute atomic E-state index is 12.0.